The van der Waals surface area contributed by atoms with Crippen molar-refractivity contribution < 1.29 is 14.5 Å². The van der Waals surface area contributed by atoms with Crippen molar-refractivity contribution in [2.24, 2.45) is 0 Å². The number of Topliss-reactive ketones (excluding diaryl/α,β-unsaturated/α-hetero) is 1. The summed E-state index contributed by atoms with van der Waals surface area (Å²) in [5.41, 5.74) is 0.847. The van der Waals surface area contributed by atoms with Gasteiger partial charge in [-0.15, -0.1) is 0 Å². The molecule has 0 spiro atoms. The Morgan fingerprint density at radius 3 is 2.40 bits per heavy atom. The Morgan fingerprint density at radius 1 is 1.40 bits per heavy atom. The van der Waals surface area contributed by atoms with Gasteiger partial charge >= 0.3 is 0 Å². The minimum Gasteiger partial charge on any atom is -0.356 e. The van der Waals surface area contributed by atoms with Crippen LogP contribution < -0.4 is 0 Å². The number of epoxide rings is 1. The van der Waals surface area contributed by atoms with E-state index in [0.717, 1.165) is 5.56 Å². The Bertz CT molecular complexity index is 412. The summed E-state index contributed by atoms with van der Waals surface area (Å²) in [4.78, 5) is 20.9. The lowest BCUT2D eigenvalue weighted by Gasteiger charge is -1.94. The van der Waals surface area contributed by atoms with Gasteiger partial charge in [0, 0.05) is 12.1 Å². The van der Waals surface area contributed by atoms with E-state index in [2.05, 4.69) is 0 Å². The highest BCUT2D eigenvalue weighted by Crippen LogP contribution is 2.39. The molecule has 1 aliphatic rings. The second-order valence-electron chi connectivity index (χ2n) is 3.44. The van der Waals surface area contributed by atoms with Crippen molar-refractivity contribution in [3.05, 3.63) is 39.9 Å². The number of ketones is 1. The van der Waals surface area contributed by atoms with E-state index < -0.39 is 4.92 Å². The summed E-state index contributed by atoms with van der Waals surface area (Å²) in [6.45, 7) is 1.47. The summed E-state index contributed by atoms with van der Waals surface area (Å²) in [7, 11) is 0. The normalized spacial score (nSPS) is 23.5. The van der Waals surface area contributed by atoms with Crippen LogP contribution >= 0.6 is 0 Å². The molecule has 2 atom stereocenters. The van der Waals surface area contributed by atoms with Crippen molar-refractivity contribution in [1.82, 2.24) is 0 Å². The predicted molar refractivity (Wildman–Crippen MR) is 51.4 cm³/mol. The van der Waals surface area contributed by atoms with Gasteiger partial charge in [-0.2, -0.15) is 0 Å². The maximum absolute atomic E-state index is 10.9. The molecule has 2 rings (SSSR count). The minimum absolute atomic E-state index is 0.0154. The summed E-state index contributed by atoms with van der Waals surface area (Å²) < 4.78 is 5.15. The number of nitrogens with zero attached hydrogens (tertiary/aromatic N) is 1. The number of carbonyl (C=O) groups is 1. The van der Waals surface area contributed by atoms with Gasteiger partial charge in [0.15, 0.2) is 5.78 Å². The van der Waals surface area contributed by atoms with E-state index in [9.17, 15) is 14.9 Å². The number of benzene rings is 1. The van der Waals surface area contributed by atoms with Crippen molar-refractivity contribution in [2.75, 3.05) is 0 Å². The number of hydrogen-bond acceptors (Lipinski definition) is 4. The number of ether oxygens (including phenoxy) is 1. The van der Waals surface area contributed by atoms with Crippen molar-refractivity contribution in [2.45, 2.75) is 19.1 Å². The highest BCUT2D eigenvalue weighted by Gasteiger charge is 2.43. The van der Waals surface area contributed by atoms with Gasteiger partial charge in [-0.3, -0.25) is 14.9 Å². The van der Waals surface area contributed by atoms with Gasteiger partial charge in [-0.1, -0.05) is 0 Å². The van der Waals surface area contributed by atoms with Gasteiger partial charge in [-0.25, -0.2) is 0 Å². The van der Waals surface area contributed by atoms with Crippen LogP contribution in [0.1, 0.15) is 18.6 Å². The molecule has 0 bridgehead atoms. The first-order valence-corrected chi connectivity index (χ1v) is 4.50. The van der Waals surface area contributed by atoms with Crippen LogP contribution in [-0.4, -0.2) is 16.8 Å². The lowest BCUT2D eigenvalue weighted by molar-refractivity contribution is -0.384. The fraction of sp³-hybridized carbons (Fsp3) is 0.300. The van der Waals surface area contributed by atoms with Crippen LogP contribution in [0, 0.1) is 10.1 Å². The zero-order valence-corrected chi connectivity index (χ0v) is 8.04. The molecule has 1 aromatic carbocycles. The molecule has 1 saturated heterocycles. The van der Waals surface area contributed by atoms with Crippen molar-refractivity contribution in [1.29, 1.82) is 0 Å². The molecule has 5 nitrogen and oxygen atoms in total. The third-order valence-electron chi connectivity index (χ3n) is 2.32. The molecule has 5 heteroatoms. The summed E-state index contributed by atoms with van der Waals surface area (Å²) in [6, 6.07) is 6.06. The summed E-state index contributed by atoms with van der Waals surface area (Å²) >= 11 is 0. The molecule has 1 aliphatic heterocycles. The van der Waals surface area contributed by atoms with Crippen LogP contribution in [0.15, 0.2) is 24.3 Å². The van der Waals surface area contributed by atoms with Gasteiger partial charge in [-0.05, 0) is 24.6 Å². The first kappa shape index (κ1) is 9.79. The second kappa shape index (κ2) is 3.43. The van der Waals surface area contributed by atoms with E-state index in [1.54, 1.807) is 12.1 Å². The lowest BCUT2D eigenvalue weighted by Crippen LogP contribution is -2.00. The number of nitro groups is 1. The van der Waals surface area contributed by atoms with Crippen LogP contribution in [0.5, 0.6) is 0 Å². The molecule has 78 valence electrons. The second-order valence-corrected chi connectivity index (χ2v) is 3.44. The average molecular weight is 207 g/mol. The minimum atomic E-state index is -0.458. The Kier molecular flexibility index (Phi) is 2.24. The topological polar surface area (TPSA) is 72.7 Å². The molecule has 0 radical (unpaired) electrons. The van der Waals surface area contributed by atoms with E-state index in [1.807, 2.05) is 0 Å². The van der Waals surface area contributed by atoms with E-state index in [1.165, 1.54) is 19.1 Å². The van der Waals surface area contributed by atoms with Crippen molar-refractivity contribution in [3.8, 4) is 0 Å². The Balaban J connectivity index is 2.12. The summed E-state index contributed by atoms with van der Waals surface area (Å²) in [5.74, 6) is -0.0154. The maximum Gasteiger partial charge on any atom is 0.269 e. The van der Waals surface area contributed by atoms with Gasteiger partial charge in [0.25, 0.3) is 5.69 Å². The van der Waals surface area contributed by atoms with Crippen LogP contribution in [0.2, 0.25) is 0 Å². The van der Waals surface area contributed by atoms with E-state index in [0.29, 0.717) is 0 Å². The van der Waals surface area contributed by atoms with Gasteiger partial charge in [0.2, 0.25) is 0 Å². The average Bonchev–Trinajstić information content (AvgIpc) is 2.97. The highest BCUT2D eigenvalue weighted by molar-refractivity contribution is 5.83. The molecule has 15 heavy (non-hydrogen) atoms. The first-order valence-electron chi connectivity index (χ1n) is 4.50. The largest absolute Gasteiger partial charge is 0.356 e. The quantitative estimate of drug-likeness (QED) is 0.429. The fourth-order valence-electron chi connectivity index (χ4n) is 1.46. The smallest absolute Gasteiger partial charge is 0.269 e. The third kappa shape index (κ3) is 1.87. The zero-order valence-electron chi connectivity index (χ0n) is 8.04. The molecule has 0 N–H and O–H groups in total. The lowest BCUT2D eigenvalue weighted by atomic mass is 10.1. The standard InChI is InChI=1S/C10H9NO4/c1-6(12)9-10(15-9)7-2-4-8(5-3-7)11(13)14/h2-5,9-10H,1H3/t9-,10-/m1/s1. The molecule has 1 aromatic rings. The Morgan fingerprint density at radius 2 is 2.00 bits per heavy atom. The monoisotopic (exact) mass is 207 g/mol. The van der Waals surface area contributed by atoms with Crippen LogP contribution in [0.25, 0.3) is 0 Å². The summed E-state index contributed by atoms with van der Waals surface area (Å²) in [5, 5.41) is 10.4. The fourth-order valence-corrected chi connectivity index (χ4v) is 1.46. The highest BCUT2D eigenvalue weighted by atomic mass is 16.6. The molecule has 0 amide bonds. The maximum atomic E-state index is 10.9. The van der Waals surface area contributed by atoms with Crippen LogP contribution in [0.3, 0.4) is 0 Å². The van der Waals surface area contributed by atoms with Gasteiger partial charge in [0.1, 0.15) is 12.2 Å². The molecule has 0 aromatic heterocycles. The van der Waals surface area contributed by atoms with Crippen molar-refractivity contribution in [3.63, 3.8) is 0 Å². The molecule has 1 fully saturated rings. The number of carbonyl (C=O) groups excluding carboxylic acids is 1. The number of hydrogen-bond donors (Lipinski definition) is 0. The van der Waals surface area contributed by atoms with E-state index >= 15 is 0 Å². The third-order valence-corrected chi connectivity index (χ3v) is 2.32. The summed E-state index contributed by atoms with van der Waals surface area (Å²) in [6.07, 6.45) is -0.588. The van der Waals surface area contributed by atoms with Gasteiger partial charge < -0.3 is 4.74 Å². The zero-order chi connectivity index (χ0) is 11.0. The SMILES string of the molecule is CC(=O)[C@H]1O[C@@H]1c1ccc([N+](=O)[O-])cc1. The molecule has 0 unspecified atom stereocenters. The molecule has 0 saturated carbocycles. The van der Waals surface area contributed by atoms with Crippen LogP contribution in [-0.2, 0) is 9.53 Å². The van der Waals surface area contributed by atoms with E-state index in [-0.39, 0.29) is 23.7 Å². The molecule has 0 aliphatic carbocycles. The van der Waals surface area contributed by atoms with E-state index in [4.69, 9.17) is 4.74 Å². The Labute approximate surface area is 85.8 Å². The molecular weight excluding hydrogens is 198 g/mol. The molecular formula is C10H9NO4. The van der Waals surface area contributed by atoms with Crippen molar-refractivity contribution >= 4 is 11.5 Å². The number of non-ortho nitro benzene ring substituents is 1. The number of rotatable bonds is 3. The van der Waals surface area contributed by atoms with Gasteiger partial charge in [0.05, 0.1) is 4.92 Å². The number of nitro benzene ring substituents is 1. The first-order chi connectivity index (χ1) is 7.09. The Hall–Kier alpha value is -1.75. The molecule has 1 heterocycles. The predicted octanol–water partition coefficient (Wildman–Crippen LogP) is 1.62. The van der Waals surface area contributed by atoms with Crippen LogP contribution in [0.4, 0.5) is 5.69 Å².